The van der Waals surface area contributed by atoms with Gasteiger partial charge in [0.25, 0.3) is 5.91 Å². The highest BCUT2D eigenvalue weighted by Gasteiger charge is 2.23. The summed E-state index contributed by atoms with van der Waals surface area (Å²) in [6.07, 6.45) is 4.56. The van der Waals surface area contributed by atoms with Gasteiger partial charge in [-0.2, -0.15) is 0 Å². The fourth-order valence-corrected chi connectivity index (χ4v) is 4.25. The number of anilines is 2. The normalized spacial score (nSPS) is 16.3. The van der Waals surface area contributed by atoms with E-state index in [2.05, 4.69) is 44.0 Å². The number of carbonyl (C=O) groups excluding carboxylic acids is 1. The number of carbonyl (C=O) groups is 1. The fraction of sp³-hybridized carbons (Fsp3) is 0.292. The molecule has 6 nitrogen and oxygen atoms in total. The highest BCUT2D eigenvalue weighted by molar-refractivity contribution is 5.94. The van der Waals surface area contributed by atoms with E-state index in [4.69, 9.17) is 0 Å². The van der Waals surface area contributed by atoms with Gasteiger partial charge in [0.15, 0.2) is 0 Å². The molecule has 1 fully saturated rings. The lowest BCUT2D eigenvalue weighted by atomic mass is 10.00. The summed E-state index contributed by atoms with van der Waals surface area (Å²) < 4.78 is 0. The van der Waals surface area contributed by atoms with E-state index in [0.29, 0.717) is 18.7 Å². The average Bonchev–Trinajstić information content (AvgIpc) is 2.84. The first-order valence-electron chi connectivity index (χ1n) is 10.5. The Balaban J connectivity index is 1.21. The van der Waals surface area contributed by atoms with Crippen molar-refractivity contribution >= 4 is 17.5 Å². The molecule has 0 bridgehead atoms. The van der Waals surface area contributed by atoms with E-state index in [0.717, 1.165) is 44.2 Å². The molecule has 2 aromatic heterocycles. The van der Waals surface area contributed by atoms with Crippen LogP contribution in [0.4, 0.5) is 11.6 Å². The molecule has 0 spiro atoms. The summed E-state index contributed by atoms with van der Waals surface area (Å²) in [5.74, 6) is 1.96. The number of hydrogen-bond acceptors (Lipinski definition) is 5. The third-order valence-electron chi connectivity index (χ3n) is 5.99. The van der Waals surface area contributed by atoms with E-state index in [1.165, 1.54) is 11.1 Å². The first-order chi connectivity index (χ1) is 14.8. The molecule has 2 aliphatic rings. The zero-order valence-electron chi connectivity index (χ0n) is 16.9. The number of nitrogens with zero attached hydrogens (tertiary/aromatic N) is 5. The minimum Gasteiger partial charge on any atom is -0.353 e. The Labute approximate surface area is 176 Å². The average molecular weight is 399 g/mol. The summed E-state index contributed by atoms with van der Waals surface area (Å²) in [5, 5.41) is 0. The van der Waals surface area contributed by atoms with Crippen LogP contribution < -0.4 is 9.80 Å². The zero-order valence-corrected chi connectivity index (χ0v) is 16.9. The van der Waals surface area contributed by atoms with Gasteiger partial charge in [0.2, 0.25) is 0 Å². The molecule has 2 aliphatic heterocycles. The summed E-state index contributed by atoms with van der Waals surface area (Å²) in [6.45, 7) is 4.79. The van der Waals surface area contributed by atoms with Crippen molar-refractivity contribution in [3.8, 4) is 0 Å². The first-order valence-corrected chi connectivity index (χ1v) is 10.5. The van der Waals surface area contributed by atoms with E-state index in [1.54, 1.807) is 12.4 Å². The second-order valence-corrected chi connectivity index (χ2v) is 7.81. The molecule has 1 amide bonds. The van der Waals surface area contributed by atoms with Crippen LogP contribution >= 0.6 is 0 Å². The van der Waals surface area contributed by atoms with Gasteiger partial charge in [-0.3, -0.25) is 4.79 Å². The van der Waals surface area contributed by atoms with Crippen LogP contribution in [0.2, 0.25) is 0 Å². The van der Waals surface area contributed by atoms with Gasteiger partial charge in [0.05, 0.1) is 5.56 Å². The van der Waals surface area contributed by atoms with Crippen LogP contribution in [0.5, 0.6) is 0 Å². The molecule has 0 saturated carbocycles. The summed E-state index contributed by atoms with van der Waals surface area (Å²) in [7, 11) is 0. The molecule has 0 aliphatic carbocycles. The van der Waals surface area contributed by atoms with Crippen LogP contribution in [-0.2, 0) is 13.0 Å². The molecule has 1 aromatic carbocycles. The van der Waals surface area contributed by atoms with Crippen molar-refractivity contribution in [3.63, 3.8) is 0 Å². The lowest BCUT2D eigenvalue weighted by Crippen LogP contribution is -2.49. The van der Waals surface area contributed by atoms with Crippen molar-refractivity contribution < 1.29 is 4.79 Å². The highest BCUT2D eigenvalue weighted by atomic mass is 16.2. The molecule has 0 unspecified atom stereocenters. The maximum absolute atomic E-state index is 12.9. The van der Waals surface area contributed by atoms with Gasteiger partial charge in [-0.25, -0.2) is 9.97 Å². The predicted molar refractivity (Wildman–Crippen MR) is 118 cm³/mol. The van der Waals surface area contributed by atoms with E-state index in [1.807, 2.05) is 35.2 Å². The van der Waals surface area contributed by atoms with Crippen molar-refractivity contribution in [1.82, 2.24) is 14.9 Å². The molecule has 152 valence electrons. The minimum atomic E-state index is 0.0544. The standard InChI is InChI=1S/C24H25N5O/c30-24(28-15-13-27(14-16-28)22-7-3-4-11-25-22)20-8-9-23(26-17-20)29-12-10-19-5-1-2-6-21(19)18-29/h1-9,11,17H,10,12-16,18H2. The van der Waals surface area contributed by atoms with Crippen LogP contribution in [-0.4, -0.2) is 53.5 Å². The van der Waals surface area contributed by atoms with Crippen LogP contribution in [0.1, 0.15) is 21.5 Å². The summed E-state index contributed by atoms with van der Waals surface area (Å²) in [4.78, 5) is 28.4. The van der Waals surface area contributed by atoms with Crippen LogP contribution in [0.3, 0.4) is 0 Å². The number of aromatic nitrogens is 2. The van der Waals surface area contributed by atoms with E-state index in [9.17, 15) is 4.79 Å². The third kappa shape index (κ3) is 3.73. The largest absolute Gasteiger partial charge is 0.353 e. The molecule has 0 N–H and O–H groups in total. The highest BCUT2D eigenvalue weighted by Crippen LogP contribution is 2.23. The van der Waals surface area contributed by atoms with Crippen molar-refractivity contribution in [2.24, 2.45) is 0 Å². The number of pyridine rings is 2. The molecule has 4 heterocycles. The molecule has 5 rings (SSSR count). The first kappa shape index (κ1) is 18.6. The number of benzene rings is 1. The number of fused-ring (bicyclic) bond motifs is 1. The summed E-state index contributed by atoms with van der Waals surface area (Å²) >= 11 is 0. The fourth-order valence-electron chi connectivity index (χ4n) is 4.25. The topological polar surface area (TPSA) is 52.6 Å². The molecule has 6 heteroatoms. The molecule has 1 saturated heterocycles. The monoisotopic (exact) mass is 399 g/mol. The van der Waals surface area contributed by atoms with Gasteiger partial charge in [-0.05, 0) is 41.8 Å². The van der Waals surface area contributed by atoms with Gasteiger partial charge in [-0.15, -0.1) is 0 Å². The Morgan fingerprint density at radius 2 is 1.50 bits per heavy atom. The second-order valence-electron chi connectivity index (χ2n) is 7.81. The maximum Gasteiger partial charge on any atom is 0.255 e. The summed E-state index contributed by atoms with van der Waals surface area (Å²) in [5.41, 5.74) is 3.43. The van der Waals surface area contributed by atoms with Gasteiger partial charge >= 0.3 is 0 Å². The molecule has 3 aromatic rings. The van der Waals surface area contributed by atoms with Crippen LogP contribution in [0, 0.1) is 0 Å². The lowest BCUT2D eigenvalue weighted by molar-refractivity contribution is 0.0746. The molecule has 30 heavy (non-hydrogen) atoms. The maximum atomic E-state index is 12.9. The molecular formula is C24H25N5O. The SMILES string of the molecule is O=C(c1ccc(N2CCc3ccccc3C2)nc1)N1CCN(c2ccccn2)CC1. The Kier molecular flexibility index (Phi) is 5.05. The third-order valence-corrected chi connectivity index (χ3v) is 5.99. The smallest absolute Gasteiger partial charge is 0.255 e. The quantitative estimate of drug-likeness (QED) is 0.678. The number of hydrogen-bond donors (Lipinski definition) is 0. The molecule has 0 radical (unpaired) electrons. The van der Waals surface area contributed by atoms with Crippen molar-refractivity contribution in [2.75, 3.05) is 42.5 Å². The lowest BCUT2D eigenvalue weighted by Gasteiger charge is -2.35. The summed E-state index contributed by atoms with van der Waals surface area (Å²) in [6, 6.07) is 18.4. The number of amides is 1. The minimum absolute atomic E-state index is 0.0544. The van der Waals surface area contributed by atoms with Crippen molar-refractivity contribution in [3.05, 3.63) is 83.7 Å². The molecular weight excluding hydrogens is 374 g/mol. The van der Waals surface area contributed by atoms with Gasteiger partial charge in [-0.1, -0.05) is 30.3 Å². The van der Waals surface area contributed by atoms with E-state index in [-0.39, 0.29) is 5.91 Å². The zero-order chi connectivity index (χ0) is 20.3. The van der Waals surface area contributed by atoms with Crippen molar-refractivity contribution in [2.45, 2.75) is 13.0 Å². The van der Waals surface area contributed by atoms with Crippen molar-refractivity contribution in [1.29, 1.82) is 0 Å². The predicted octanol–water partition coefficient (Wildman–Crippen LogP) is 3.00. The van der Waals surface area contributed by atoms with Gasteiger partial charge in [0.1, 0.15) is 11.6 Å². The molecule has 0 atom stereocenters. The Morgan fingerprint density at radius 3 is 2.23 bits per heavy atom. The van der Waals surface area contributed by atoms with E-state index >= 15 is 0 Å². The van der Waals surface area contributed by atoms with Crippen LogP contribution in [0.25, 0.3) is 0 Å². The number of rotatable bonds is 3. The second kappa shape index (κ2) is 8.14. The van der Waals surface area contributed by atoms with Gasteiger partial charge < -0.3 is 14.7 Å². The van der Waals surface area contributed by atoms with Gasteiger partial charge in [0, 0.05) is 51.7 Å². The Morgan fingerprint density at radius 1 is 0.733 bits per heavy atom. The van der Waals surface area contributed by atoms with E-state index < -0.39 is 0 Å². The van der Waals surface area contributed by atoms with Crippen LogP contribution in [0.15, 0.2) is 67.0 Å². The number of piperazine rings is 1. The Hall–Kier alpha value is -3.41. The Bertz CT molecular complexity index is 1010.